The molecule has 0 heterocycles. The number of hydrogen-bond donors (Lipinski definition) is 2. The SMILES string of the molecule is CC(=O)Nc1ccccc1Oc1cc(Br)ccc1C(C)O. The first-order valence-corrected chi connectivity index (χ1v) is 7.28. The first-order valence-electron chi connectivity index (χ1n) is 6.49. The molecule has 2 N–H and O–H groups in total. The molecule has 0 aromatic heterocycles. The Morgan fingerprint density at radius 2 is 1.95 bits per heavy atom. The number of hydrogen-bond acceptors (Lipinski definition) is 3. The zero-order chi connectivity index (χ0) is 15.4. The average molecular weight is 350 g/mol. The second-order valence-electron chi connectivity index (χ2n) is 4.64. The second-order valence-corrected chi connectivity index (χ2v) is 5.55. The smallest absolute Gasteiger partial charge is 0.221 e. The summed E-state index contributed by atoms with van der Waals surface area (Å²) >= 11 is 3.39. The highest BCUT2D eigenvalue weighted by molar-refractivity contribution is 9.10. The minimum atomic E-state index is -0.652. The fourth-order valence-electron chi connectivity index (χ4n) is 1.91. The summed E-state index contributed by atoms with van der Waals surface area (Å²) in [6.45, 7) is 3.12. The highest BCUT2D eigenvalue weighted by Crippen LogP contribution is 2.35. The Kier molecular flexibility index (Phi) is 4.98. The lowest BCUT2D eigenvalue weighted by atomic mass is 10.1. The maximum absolute atomic E-state index is 11.2. The molecule has 0 aliphatic rings. The molecule has 2 rings (SSSR count). The van der Waals surface area contributed by atoms with Gasteiger partial charge in [0.05, 0.1) is 11.8 Å². The summed E-state index contributed by atoms with van der Waals surface area (Å²) in [7, 11) is 0. The van der Waals surface area contributed by atoms with Crippen molar-refractivity contribution in [3.8, 4) is 11.5 Å². The topological polar surface area (TPSA) is 58.6 Å². The molecule has 0 saturated heterocycles. The zero-order valence-electron chi connectivity index (χ0n) is 11.8. The second kappa shape index (κ2) is 6.74. The van der Waals surface area contributed by atoms with Crippen LogP contribution in [0.5, 0.6) is 11.5 Å². The van der Waals surface area contributed by atoms with E-state index in [0.29, 0.717) is 22.7 Å². The molecule has 110 valence electrons. The predicted molar refractivity (Wildman–Crippen MR) is 85.6 cm³/mol. The molecular formula is C16H16BrNO3. The Bertz CT molecular complexity index is 656. The summed E-state index contributed by atoms with van der Waals surface area (Å²) in [5.74, 6) is 0.890. The van der Waals surface area contributed by atoms with Crippen molar-refractivity contribution in [2.24, 2.45) is 0 Å². The summed E-state index contributed by atoms with van der Waals surface area (Å²) < 4.78 is 6.73. The minimum Gasteiger partial charge on any atom is -0.455 e. The van der Waals surface area contributed by atoms with E-state index in [9.17, 15) is 9.90 Å². The molecule has 0 aliphatic carbocycles. The van der Waals surface area contributed by atoms with Gasteiger partial charge >= 0.3 is 0 Å². The Hall–Kier alpha value is -1.85. The zero-order valence-corrected chi connectivity index (χ0v) is 13.3. The Morgan fingerprint density at radius 1 is 1.24 bits per heavy atom. The van der Waals surface area contributed by atoms with Gasteiger partial charge in [-0.3, -0.25) is 4.79 Å². The Morgan fingerprint density at radius 3 is 2.62 bits per heavy atom. The number of ether oxygens (including phenoxy) is 1. The lowest BCUT2D eigenvalue weighted by Crippen LogP contribution is -2.07. The third kappa shape index (κ3) is 4.06. The Balaban J connectivity index is 2.38. The van der Waals surface area contributed by atoms with E-state index in [-0.39, 0.29) is 5.91 Å². The van der Waals surface area contributed by atoms with E-state index in [4.69, 9.17) is 4.74 Å². The van der Waals surface area contributed by atoms with Crippen LogP contribution in [-0.4, -0.2) is 11.0 Å². The largest absolute Gasteiger partial charge is 0.455 e. The van der Waals surface area contributed by atoms with E-state index in [2.05, 4.69) is 21.2 Å². The number of benzene rings is 2. The first kappa shape index (κ1) is 15.5. The van der Waals surface area contributed by atoms with Crippen LogP contribution in [0.2, 0.25) is 0 Å². The number of anilines is 1. The third-order valence-electron chi connectivity index (χ3n) is 2.84. The number of aliphatic hydroxyl groups is 1. The van der Waals surface area contributed by atoms with Gasteiger partial charge in [0.25, 0.3) is 0 Å². The third-order valence-corrected chi connectivity index (χ3v) is 3.34. The summed E-state index contributed by atoms with van der Waals surface area (Å²) in [4.78, 5) is 11.2. The van der Waals surface area contributed by atoms with Crippen molar-refractivity contribution in [1.82, 2.24) is 0 Å². The lowest BCUT2D eigenvalue weighted by molar-refractivity contribution is -0.114. The number of amides is 1. The van der Waals surface area contributed by atoms with E-state index >= 15 is 0 Å². The minimum absolute atomic E-state index is 0.170. The van der Waals surface area contributed by atoms with E-state index in [1.807, 2.05) is 18.2 Å². The summed E-state index contributed by atoms with van der Waals surface area (Å²) in [5.41, 5.74) is 1.26. The molecule has 0 radical (unpaired) electrons. The fraction of sp³-hybridized carbons (Fsp3) is 0.188. The van der Waals surface area contributed by atoms with Gasteiger partial charge in [-0.05, 0) is 31.2 Å². The highest BCUT2D eigenvalue weighted by Gasteiger charge is 2.13. The summed E-state index contributed by atoms with van der Waals surface area (Å²) in [5, 5.41) is 12.5. The lowest BCUT2D eigenvalue weighted by Gasteiger charge is -2.16. The van der Waals surface area contributed by atoms with Crippen LogP contribution in [0.15, 0.2) is 46.9 Å². The molecular weight excluding hydrogens is 334 g/mol. The highest BCUT2D eigenvalue weighted by atomic mass is 79.9. The van der Waals surface area contributed by atoms with Gasteiger partial charge < -0.3 is 15.2 Å². The van der Waals surface area contributed by atoms with Crippen molar-refractivity contribution in [2.45, 2.75) is 20.0 Å². The van der Waals surface area contributed by atoms with Crippen molar-refractivity contribution in [2.75, 3.05) is 5.32 Å². The molecule has 2 aromatic rings. The molecule has 0 spiro atoms. The number of nitrogens with one attached hydrogen (secondary N) is 1. The molecule has 2 aromatic carbocycles. The monoisotopic (exact) mass is 349 g/mol. The average Bonchev–Trinajstić information content (AvgIpc) is 2.40. The number of aliphatic hydroxyl groups excluding tert-OH is 1. The molecule has 0 aliphatic heterocycles. The van der Waals surface area contributed by atoms with Gasteiger partial charge in [0.15, 0.2) is 5.75 Å². The number of carbonyl (C=O) groups excluding carboxylic acids is 1. The molecule has 1 unspecified atom stereocenters. The molecule has 0 fully saturated rings. The van der Waals surface area contributed by atoms with Crippen LogP contribution in [-0.2, 0) is 4.79 Å². The van der Waals surface area contributed by atoms with Crippen molar-refractivity contribution in [3.05, 3.63) is 52.5 Å². The van der Waals surface area contributed by atoms with Gasteiger partial charge in [0.1, 0.15) is 5.75 Å². The van der Waals surface area contributed by atoms with Crippen LogP contribution in [0.4, 0.5) is 5.69 Å². The van der Waals surface area contributed by atoms with Crippen molar-refractivity contribution < 1.29 is 14.6 Å². The van der Waals surface area contributed by atoms with Crippen molar-refractivity contribution in [3.63, 3.8) is 0 Å². The van der Waals surface area contributed by atoms with Crippen LogP contribution < -0.4 is 10.1 Å². The maximum Gasteiger partial charge on any atom is 0.221 e. The van der Waals surface area contributed by atoms with E-state index in [0.717, 1.165) is 4.47 Å². The van der Waals surface area contributed by atoms with Gasteiger partial charge in [-0.15, -0.1) is 0 Å². The van der Waals surface area contributed by atoms with Gasteiger partial charge in [-0.2, -0.15) is 0 Å². The summed E-state index contributed by atoms with van der Waals surface area (Å²) in [6, 6.07) is 12.6. The van der Waals surface area contributed by atoms with Gasteiger partial charge in [-0.25, -0.2) is 0 Å². The van der Waals surface area contributed by atoms with Gasteiger partial charge in [0, 0.05) is 17.0 Å². The van der Waals surface area contributed by atoms with Crippen molar-refractivity contribution >= 4 is 27.5 Å². The first-order chi connectivity index (χ1) is 9.97. The molecule has 4 nitrogen and oxygen atoms in total. The van der Waals surface area contributed by atoms with Crippen LogP contribution in [0, 0.1) is 0 Å². The van der Waals surface area contributed by atoms with Gasteiger partial charge in [0.2, 0.25) is 5.91 Å². The predicted octanol–water partition coefficient (Wildman–Crippen LogP) is 4.25. The van der Waals surface area contributed by atoms with E-state index in [1.54, 1.807) is 31.2 Å². The maximum atomic E-state index is 11.2. The molecule has 5 heteroatoms. The van der Waals surface area contributed by atoms with Crippen LogP contribution >= 0.6 is 15.9 Å². The number of carbonyl (C=O) groups is 1. The van der Waals surface area contributed by atoms with Crippen LogP contribution in [0.25, 0.3) is 0 Å². The molecule has 0 saturated carbocycles. The molecule has 1 amide bonds. The standard InChI is InChI=1S/C16H16BrNO3/c1-10(19)13-8-7-12(17)9-16(13)21-15-6-4-3-5-14(15)18-11(2)20/h3-10,19H,1-2H3,(H,18,20). The van der Waals surface area contributed by atoms with E-state index < -0.39 is 6.10 Å². The van der Waals surface area contributed by atoms with Crippen LogP contribution in [0.1, 0.15) is 25.5 Å². The van der Waals surface area contributed by atoms with Gasteiger partial charge in [-0.1, -0.05) is 34.1 Å². The number of halogens is 1. The molecule has 21 heavy (non-hydrogen) atoms. The number of rotatable bonds is 4. The van der Waals surface area contributed by atoms with E-state index in [1.165, 1.54) is 6.92 Å². The van der Waals surface area contributed by atoms with Crippen LogP contribution in [0.3, 0.4) is 0 Å². The fourth-order valence-corrected chi connectivity index (χ4v) is 2.25. The van der Waals surface area contributed by atoms with Crippen molar-refractivity contribution in [1.29, 1.82) is 0 Å². The number of para-hydroxylation sites is 2. The normalized spacial score (nSPS) is 11.8. The summed E-state index contributed by atoms with van der Waals surface area (Å²) in [6.07, 6.45) is -0.652. The quantitative estimate of drug-likeness (QED) is 0.867. The Labute approximate surface area is 131 Å². The molecule has 1 atom stereocenters. The molecule has 0 bridgehead atoms.